The molecule has 2 N–H and O–H groups in total. The summed E-state index contributed by atoms with van der Waals surface area (Å²) in [7, 11) is 0. The van der Waals surface area contributed by atoms with Gasteiger partial charge in [0.2, 0.25) is 5.91 Å². The van der Waals surface area contributed by atoms with Gasteiger partial charge in [0.25, 0.3) is 0 Å². The van der Waals surface area contributed by atoms with E-state index in [1.54, 1.807) is 0 Å². The summed E-state index contributed by atoms with van der Waals surface area (Å²) in [6.45, 7) is 9.16. The van der Waals surface area contributed by atoms with Crippen molar-refractivity contribution < 1.29 is 4.79 Å². The smallest absolute Gasteiger partial charge is 0.224 e. The first-order valence-corrected chi connectivity index (χ1v) is 5.99. The Hall–Kier alpha value is -0.570. The lowest BCUT2D eigenvalue weighted by atomic mass is 9.98. The minimum atomic E-state index is 0.0970. The van der Waals surface area contributed by atoms with Gasteiger partial charge < -0.3 is 10.6 Å². The highest BCUT2D eigenvalue weighted by Crippen LogP contribution is 2.27. The van der Waals surface area contributed by atoms with Crippen LogP contribution in [0.4, 0.5) is 0 Å². The van der Waals surface area contributed by atoms with E-state index in [9.17, 15) is 4.79 Å². The third kappa shape index (κ3) is 3.82. The van der Waals surface area contributed by atoms with E-state index in [0.29, 0.717) is 6.04 Å². The molecule has 1 fully saturated rings. The monoisotopic (exact) mass is 212 g/mol. The van der Waals surface area contributed by atoms with E-state index < -0.39 is 0 Å². The maximum Gasteiger partial charge on any atom is 0.224 e. The zero-order chi connectivity index (χ0) is 11.5. The lowest BCUT2D eigenvalue weighted by Gasteiger charge is -2.29. The Balaban J connectivity index is 2.53. The van der Waals surface area contributed by atoms with E-state index in [2.05, 4.69) is 31.4 Å². The number of nitrogens with one attached hydrogen (secondary N) is 2. The third-order valence-electron chi connectivity index (χ3n) is 2.82. The Labute approximate surface area is 93.0 Å². The number of hydrogen-bond donors (Lipinski definition) is 2. The highest BCUT2D eigenvalue weighted by Gasteiger charge is 2.34. The van der Waals surface area contributed by atoms with Gasteiger partial charge in [0.1, 0.15) is 0 Å². The van der Waals surface area contributed by atoms with Gasteiger partial charge in [-0.1, -0.05) is 6.42 Å². The molecule has 3 nitrogen and oxygen atoms in total. The molecule has 1 aliphatic carbocycles. The quantitative estimate of drug-likeness (QED) is 0.747. The van der Waals surface area contributed by atoms with Crippen molar-refractivity contribution in [2.45, 2.75) is 58.5 Å². The van der Waals surface area contributed by atoms with Crippen molar-refractivity contribution in [3.05, 3.63) is 0 Å². The van der Waals surface area contributed by atoms with Crippen molar-refractivity contribution in [1.82, 2.24) is 10.6 Å². The molecule has 88 valence electrons. The second-order valence-corrected chi connectivity index (χ2v) is 5.43. The first-order valence-electron chi connectivity index (χ1n) is 5.99. The largest absolute Gasteiger partial charge is 0.356 e. The average Bonchev–Trinajstić information content (AvgIpc) is 2.49. The summed E-state index contributed by atoms with van der Waals surface area (Å²) in [6.07, 6.45) is 3.31. The molecule has 0 spiro atoms. The van der Waals surface area contributed by atoms with E-state index >= 15 is 0 Å². The number of hydrogen-bond acceptors (Lipinski definition) is 2. The summed E-state index contributed by atoms with van der Waals surface area (Å²) in [6, 6.07) is 0.358. The maximum absolute atomic E-state index is 11.8. The molecule has 3 heteroatoms. The van der Waals surface area contributed by atoms with Crippen LogP contribution in [0.15, 0.2) is 0 Å². The van der Waals surface area contributed by atoms with Crippen LogP contribution >= 0.6 is 0 Å². The lowest BCUT2D eigenvalue weighted by Crippen LogP contribution is -2.49. The molecule has 15 heavy (non-hydrogen) atoms. The first kappa shape index (κ1) is 12.5. The van der Waals surface area contributed by atoms with Crippen LogP contribution in [0.3, 0.4) is 0 Å². The second-order valence-electron chi connectivity index (χ2n) is 5.43. The topological polar surface area (TPSA) is 41.1 Å². The molecule has 0 aromatic carbocycles. The van der Waals surface area contributed by atoms with Crippen LogP contribution < -0.4 is 10.6 Å². The summed E-state index contributed by atoms with van der Waals surface area (Å²) >= 11 is 0. The van der Waals surface area contributed by atoms with Crippen molar-refractivity contribution in [1.29, 1.82) is 0 Å². The van der Waals surface area contributed by atoms with E-state index in [1.807, 2.05) is 6.92 Å². The average molecular weight is 212 g/mol. The van der Waals surface area contributed by atoms with Gasteiger partial charge in [-0.2, -0.15) is 0 Å². The van der Waals surface area contributed by atoms with Gasteiger partial charge >= 0.3 is 0 Å². The van der Waals surface area contributed by atoms with Gasteiger partial charge in [-0.25, -0.2) is 0 Å². The van der Waals surface area contributed by atoms with Crippen LogP contribution in [0.2, 0.25) is 0 Å². The fourth-order valence-corrected chi connectivity index (χ4v) is 2.31. The minimum Gasteiger partial charge on any atom is -0.356 e. The van der Waals surface area contributed by atoms with Gasteiger partial charge in [0.05, 0.1) is 5.92 Å². The van der Waals surface area contributed by atoms with Crippen LogP contribution in [-0.4, -0.2) is 24.0 Å². The molecular weight excluding hydrogens is 188 g/mol. The van der Waals surface area contributed by atoms with E-state index in [-0.39, 0.29) is 17.4 Å². The first-order chi connectivity index (χ1) is 6.94. The van der Waals surface area contributed by atoms with Crippen molar-refractivity contribution in [3.8, 4) is 0 Å². The fourth-order valence-electron chi connectivity index (χ4n) is 2.31. The molecule has 1 rings (SSSR count). The molecule has 0 radical (unpaired) electrons. The molecule has 1 saturated carbocycles. The third-order valence-corrected chi connectivity index (χ3v) is 2.82. The Bertz CT molecular complexity index is 220. The molecule has 1 amide bonds. The number of carbonyl (C=O) groups excluding carboxylic acids is 1. The summed E-state index contributed by atoms with van der Waals surface area (Å²) in [5.74, 6) is 0.390. The zero-order valence-electron chi connectivity index (χ0n) is 10.4. The molecule has 0 aromatic rings. The molecule has 1 aliphatic rings. The summed E-state index contributed by atoms with van der Waals surface area (Å²) in [5, 5.41) is 6.47. The Morgan fingerprint density at radius 1 is 1.33 bits per heavy atom. The Morgan fingerprint density at radius 3 is 2.53 bits per heavy atom. The molecular formula is C12H24N2O. The molecule has 2 atom stereocenters. The van der Waals surface area contributed by atoms with E-state index in [1.165, 1.54) is 0 Å². The van der Waals surface area contributed by atoms with Crippen molar-refractivity contribution in [2.24, 2.45) is 5.92 Å². The zero-order valence-corrected chi connectivity index (χ0v) is 10.4. The van der Waals surface area contributed by atoms with E-state index in [4.69, 9.17) is 0 Å². The molecule has 0 bridgehead atoms. The SMILES string of the molecule is CCNC(=O)[C@@H]1CCC[C@@H]1NC(C)(C)C. The van der Waals surface area contributed by atoms with Crippen molar-refractivity contribution >= 4 is 5.91 Å². The molecule has 0 aliphatic heterocycles. The van der Waals surface area contributed by atoms with Crippen LogP contribution in [0, 0.1) is 5.92 Å². The summed E-state index contributed by atoms with van der Waals surface area (Å²) < 4.78 is 0. The van der Waals surface area contributed by atoms with Gasteiger partial charge in [0, 0.05) is 18.1 Å². The summed E-state index contributed by atoms with van der Waals surface area (Å²) in [4.78, 5) is 11.8. The van der Waals surface area contributed by atoms with Crippen LogP contribution in [0.1, 0.15) is 47.0 Å². The number of rotatable bonds is 3. The lowest BCUT2D eigenvalue weighted by molar-refractivity contribution is -0.125. The predicted octanol–water partition coefficient (Wildman–Crippen LogP) is 1.68. The van der Waals surface area contributed by atoms with Gasteiger partial charge in [-0.15, -0.1) is 0 Å². The van der Waals surface area contributed by atoms with Crippen LogP contribution in [-0.2, 0) is 4.79 Å². The maximum atomic E-state index is 11.8. The van der Waals surface area contributed by atoms with Crippen LogP contribution in [0.25, 0.3) is 0 Å². The second kappa shape index (κ2) is 4.97. The Morgan fingerprint density at radius 2 is 2.00 bits per heavy atom. The molecule has 0 unspecified atom stereocenters. The number of carbonyl (C=O) groups is 1. The van der Waals surface area contributed by atoms with Gasteiger partial charge in [0.15, 0.2) is 0 Å². The van der Waals surface area contributed by atoms with Gasteiger partial charge in [-0.3, -0.25) is 4.79 Å². The highest BCUT2D eigenvalue weighted by molar-refractivity contribution is 5.79. The van der Waals surface area contributed by atoms with Crippen molar-refractivity contribution in [3.63, 3.8) is 0 Å². The van der Waals surface area contributed by atoms with Crippen LogP contribution in [0.5, 0.6) is 0 Å². The normalized spacial score (nSPS) is 26.7. The number of amides is 1. The minimum absolute atomic E-state index is 0.0970. The molecule has 0 aromatic heterocycles. The highest BCUT2D eigenvalue weighted by atomic mass is 16.1. The standard InChI is InChI=1S/C12H24N2O/c1-5-13-11(15)9-7-6-8-10(9)14-12(2,3)4/h9-10,14H,5-8H2,1-4H3,(H,13,15)/t9-,10+/m1/s1. The molecule has 0 saturated heterocycles. The Kier molecular flexibility index (Phi) is 4.14. The fraction of sp³-hybridized carbons (Fsp3) is 0.917. The van der Waals surface area contributed by atoms with Gasteiger partial charge in [-0.05, 0) is 40.5 Å². The summed E-state index contributed by atoms with van der Waals surface area (Å²) in [5.41, 5.74) is 0.0970. The predicted molar refractivity (Wildman–Crippen MR) is 62.7 cm³/mol. The van der Waals surface area contributed by atoms with E-state index in [0.717, 1.165) is 25.8 Å². The molecule has 0 heterocycles. The van der Waals surface area contributed by atoms with Crippen molar-refractivity contribution in [2.75, 3.05) is 6.54 Å².